The van der Waals surface area contributed by atoms with Gasteiger partial charge in [-0.2, -0.15) is 0 Å². The number of amides is 1. The van der Waals surface area contributed by atoms with Gasteiger partial charge in [-0.15, -0.1) is 0 Å². The van der Waals surface area contributed by atoms with Crippen molar-refractivity contribution < 1.29 is 14.8 Å². The topological polar surface area (TPSA) is 95.7 Å². The van der Waals surface area contributed by atoms with E-state index in [1.807, 2.05) is 0 Å². The van der Waals surface area contributed by atoms with Gasteiger partial charge in [0.2, 0.25) is 5.91 Å². The van der Waals surface area contributed by atoms with E-state index in [0.29, 0.717) is 12.2 Å². The van der Waals surface area contributed by atoms with Crippen LogP contribution in [-0.4, -0.2) is 46.6 Å². The number of benzene rings is 1. The van der Waals surface area contributed by atoms with Crippen molar-refractivity contribution in [3.63, 3.8) is 0 Å². The summed E-state index contributed by atoms with van der Waals surface area (Å²) in [4.78, 5) is 23.7. The average molecular weight is 295 g/mol. The van der Waals surface area contributed by atoms with Crippen LogP contribution in [0.5, 0.6) is 0 Å². The Bertz CT molecular complexity index is 511. The van der Waals surface area contributed by atoms with Crippen molar-refractivity contribution in [1.82, 2.24) is 4.90 Å². The average Bonchev–Trinajstić information content (AvgIpc) is 2.36. The van der Waals surface area contributed by atoms with Crippen LogP contribution in [0.3, 0.4) is 0 Å². The molecule has 0 atom stereocenters. The molecule has 2 N–H and O–H groups in total. The van der Waals surface area contributed by atoms with Crippen molar-refractivity contribution in [1.29, 1.82) is 0 Å². The fraction of sp³-hybridized carbons (Fsp3) is 0.500. The number of hydrogen-bond donors (Lipinski definition) is 2. The molecule has 0 radical (unpaired) electrons. The Kier molecular flexibility index (Phi) is 5.66. The maximum Gasteiger partial charge on any atom is 0.292 e. The Morgan fingerprint density at radius 3 is 2.62 bits per heavy atom. The smallest absolute Gasteiger partial charge is 0.292 e. The van der Waals surface area contributed by atoms with Gasteiger partial charge in [-0.3, -0.25) is 14.9 Å². The third kappa shape index (κ3) is 5.78. The van der Waals surface area contributed by atoms with E-state index in [1.165, 1.54) is 11.0 Å². The molecule has 0 saturated carbocycles. The molecule has 0 heterocycles. The zero-order valence-electron chi connectivity index (χ0n) is 12.5. The summed E-state index contributed by atoms with van der Waals surface area (Å²) < 4.78 is 0. The molecule has 1 aromatic carbocycles. The Labute approximate surface area is 123 Å². The second-order valence-electron chi connectivity index (χ2n) is 5.51. The molecule has 1 aromatic rings. The Balaban J connectivity index is 2.51. The third-order valence-corrected chi connectivity index (χ3v) is 2.80. The predicted octanol–water partition coefficient (Wildman–Crippen LogP) is 1.63. The van der Waals surface area contributed by atoms with E-state index in [2.05, 4.69) is 5.32 Å². The number of likely N-dealkylation sites (N-methyl/N-ethyl adjacent to an activating group) is 1. The molecule has 0 saturated heterocycles. The lowest BCUT2D eigenvalue weighted by Crippen LogP contribution is -2.40. The summed E-state index contributed by atoms with van der Waals surface area (Å²) in [5.41, 5.74) is -0.578. The van der Waals surface area contributed by atoms with Gasteiger partial charge in [-0.25, -0.2) is 0 Å². The maximum absolute atomic E-state index is 11.9. The van der Waals surface area contributed by atoms with Gasteiger partial charge in [0.25, 0.3) is 5.69 Å². The normalized spacial score (nSPS) is 11.0. The van der Waals surface area contributed by atoms with Crippen LogP contribution in [0.2, 0.25) is 0 Å². The van der Waals surface area contributed by atoms with Crippen LogP contribution < -0.4 is 5.32 Å². The van der Waals surface area contributed by atoms with Crippen molar-refractivity contribution in [2.45, 2.75) is 25.9 Å². The summed E-state index contributed by atoms with van der Waals surface area (Å²) in [6, 6.07) is 6.29. The van der Waals surface area contributed by atoms with Crippen molar-refractivity contribution in [2.75, 3.05) is 25.5 Å². The number of nitro groups is 1. The van der Waals surface area contributed by atoms with Crippen molar-refractivity contribution >= 4 is 17.3 Å². The van der Waals surface area contributed by atoms with Gasteiger partial charge in [-0.05, 0) is 19.9 Å². The first-order chi connectivity index (χ1) is 9.70. The standard InChI is InChI=1S/C14H21N3O4/c1-14(2,19)10-16(3)13(18)8-9-15-11-6-4-5-7-12(11)17(20)21/h4-7,15,19H,8-10H2,1-3H3. The first-order valence-electron chi connectivity index (χ1n) is 6.64. The van der Waals surface area contributed by atoms with E-state index in [4.69, 9.17) is 0 Å². The van der Waals surface area contributed by atoms with Crippen LogP contribution in [0.25, 0.3) is 0 Å². The van der Waals surface area contributed by atoms with E-state index in [9.17, 15) is 20.0 Å². The van der Waals surface area contributed by atoms with E-state index < -0.39 is 10.5 Å². The fourth-order valence-corrected chi connectivity index (χ4v) is 1.95. The minimum absolute atomic E-state index is 0.0187. The molecule has 0 bridgehead atoms. The zero-order chi connectivity index (χ0) is 16.0. The summed E-state index contributed by atoms with van der Waals surface area (Å²) >= 11 is 0. The first kappa shape index (κ1) is 16.9. The van der Waals surface area contributed by atoms with E-state index in [-0.39, 0.29) is 24.6 Å². The predicted molar refractivity (Wildman–Crippen MR) is 80.1 cm³/mol. The van der Waals surface area contributed by atoms with Crippen molar-refractivity contribution in [3.05, 3.63) is 34.4 Å². The fourth-order valence-electron chi connectivity index (χ4n) is 1.95. The van der Waals surface area contributed by atoms with Crippen LogP contribution >= 0.6 is 0 Å². The molecular formula is C14H21N3O4. The summed E-state index contributed by atoms with van der Waals surface area (Å²) in [6.45, 7) is 3.78. The summed E-state index contributed by atoms with van der Waals surface area (Å²) in [5.74, 6) is -0.136. The number of nitrogens with one attached hydrogen (secondary N) is 1. The van der Waals surface area contributed by atoms with Gasteiger partial charge in [0.1, 0.15) is 5.69 Å². The Morgan fingerprint density at radius 2 is 2.05 bits per heavy atom. The summed E-state index contributed by atoms with van der Waals surface area (Å²) in [7, 11) is 1.62. The van der Waals surface area contributed by atoms with E-state index >= 15 is 0 Å². The summed E-state index contributed by atoms with van der Waals surface area (Å²) in [5, 5.41) is 23.4. The lowest BCUT2D eigenvalue weighted by Gasteiger charge is -2.25. The second kappa shape index (κ2) is 7.03. The minimum atomic E-state index is -0.948. The number of nitro benzene ring substituents is 1. The van der Waals surface area contributed by atoms with Gasteiger partial charge < -0.3 is 15.3 Å². The lowest BCUT2D eigenvalue weighted by atomic mass is 10.1. The molecule has 21 heavy (non-hydrogen) atoms. The monoisotopic (exact) mass is 295 g/mol. The number of rotatable bonds is 7. The van der Waals surface area contributed by atoms with Gasteiger partial charge in [-0.1, -0.05) is 12.1 Å². The first-order valence-corrected chi connectivity index (χ1v) is 6.64. The number of carbonyl (C=O) groups excluding carboxylic acids is 1. The van der Waals surface area contributed by atoms with Crippen LogP contribution in [0.1, 0.15) is 20.3 Å². The van der Waals surface area contributed by atoms with E-state index in [1.54, 1.807) is 39.1 Å². The van der Waals surface area contributed by atoms with Gasteiger partial charge in [0.05, 0.1) is 10.5 Å². The molecule has 0 aromatic heterocycles. The highest BCUT2D eigenvalue weighted by molar-refractivity contribution is 5.76. The maximum atomic E-state index is 11.9. The molecule has 0 unspecified atom stereocenters. The number of nitrogens with zero attached hydrogens (tertiary/aromatic N) is 2. The second-order valence-corrected chi connectivity index (χ2v) is 5.51. The van der Waals surface area contributed by atoms with Crippen LogP contribution in [0.15, 0.2) is 24.3 Å². The lowest BCUT2D eigenvalue weighted by molar-refractivity contribution is -0.384. The number of hydrogen-bond acceptors (Lipinski definition) is 5. The molecule has 7 heteroatoms. The highest BCUT2D eigenvalue weighted by Gasteiger charge is 2.19. The number of carbonyl (C=O) groups is 1. The quantitative estimate of drug-likeness (QED) is 0.588. The molecule has 0 aliphatic rings. The number of aliphatic hydroxyl groups is 1. The highest BCUT2D eigenvalue weighted by Crippen LogP contribution is 2.22. The van der Waals surface area contributed by atoms with Crippen molar-refractivity contribution in [2.24, 2.45) is 0 Å². The minimum Gasteiger partial charge on any atom is -0.389 e. The molecular weight excluding hydrogens is 274 g/mol. The van der Waals surface area contributed by atoms with Gasteiger partial charge >= 0.3 is 0 Å². The largest absolute Gasteiger partial charge is 0.389 e. The highest BCUT2D eigenvalue weighted by atomic mass is 16.6. The molecule has 0 aliphatic heterocycles. The van der Waals surface area contributed by atoms with Gasteiger partial charge in [0, 0.05) is 32.6 Å². The number of anilines is 1. The van der Waals surface area contributed by atoms with Crippen LogP contribution in [-0.2, 0) is 4.79 Å². The zero-order valence-corrected chi connectivity index (χ0v) is 12.5. The van der Waals surface area contributed by atoms with Crippen molar-refractivity contribution in [3.8, 4) is 0 Å². The Morgan fingerprint density at radius 1 is 1.43 bits per heavy atom. The molecule has 7 nitrogen and oxygen atoms in total. The van der Waals surface area contributed by atoms with Crippen LogP contribution in [0, 0.1) is 10.1 Å². The summed E-state index contributed by atoms with van der Waals surface area (Å²) in [6.07, 6.45) is 0.193. The van der Waals surface area contributed by atoms with Gasteiger partial charge in [0.15, 0.2) is 0 Å². The molecule has 0 spiro atoms. The molecule has 1 amide bonds. The Hall–Kier alpha value is -2.15. The molecule has 0 fully saturated rings. The SMILES string of the molecule is CN(CC(C)(C)O)C(=O)CCNc1ccccc1[N+](=O)[O-]. The third-order valence-electron chi connectivity index (χ3n) is 2.80. The molecule has 116 valence electrons. The van der Waals surface area contributed by atoms with E-state index in [0.717, 1.165) is 0 Å². The van der Waals surface area contributed by atoms with Crippen LogP contribution in [0.4, 0.5) is 11.4 Å². The number of para-hydroxylation sites is 2. The molecule has 0 aliphatic carbocycles. The molecule has 1 rings (SSSR count).